The third kappa shape index (κ3) is 1.21. The highest BCUT2D eigenvalue weighted by Crippen LogP contribution is 2.42. The summed E-state index contributed by atoms with van der Waals surface area (Å²) in [4.78, 5) is 24.4. The van der Waals surface area contributed by atoms with Crippen LogP contribution in [0.25, 0.3) is 21.9 Å². The Morgan fingerprint density at radius 1 is 0.952 bits per heavy atom. The van der Waals surface area contributed by atoms with Crippen molar-refractivity contribution in [2.24, 2.45) is 0 Å². The molecule has 0 radical (unpaired) electrons. The van der Waals surface area contributed by atoms with E-state index in [2.05, 4.69) is 5.32 Å². The van der Waals surface area contributed by atoms with Gasteiger partial charge in [-0.3, -0.25) is 14.9 Å². The number of para-hydroxylation sites is 1. The predicted molar refractivity (Wildman–Crippen MR) is 77.5 cm³/mol. The van der Waals surface area contributed by atoms with Crippen LogP contribution in [-0.4, -0.2) is 11.8 Å². The van der Waals surface area contributed by atoms with Crippen LogP contribution < -0.4 is 5.32 Å². The van der Waals surface area contributed by atoms with Crippen molar-refractivity contribution in [3.63, 3.8) is 0 Å². The monoisotopic (exact) mass is 277 g/mol. The first kappa shape index (κ1) is 11.1. The number of amides is 2. The van der Waals surface area contributed by atoms with Gasteiger partial charge in [0, 0.05) is 10.8 Å². The number of aryl methyl sites for hydroxylation is 1. The molecule has 2 heterocycles. The van der Waals surface area contributed by atoms with E-state index in [0.29, 0.717) is 11.1 Å². The Hall–Kier alpha value is -2.62. The molecule has 4 heteroatoms. The lowest BCUT2D eigenvalue weighted by Gasteiger charge is -2.06. The van der Waals surface area contributed by atoms with Gasteiger partial charge in [-0.25, -0.2) is 0 Å². The van der Waals surface area contributed by atoms with Crippen molar-refractivity contribution >= 4 is 33.8 Å². The maximum atomic E-state index is 12.3. The van der Waals surface area contributed by atoms with Gasteiger partial charge in [-0.15, -0.1) is 0 Å². The molecule has 4 nitrogen and oxygen atoms in total. The average molecular weight is 277 g/mol. The summed E-state index contributed by atoms with van der Waals surface area (Å²) in [5.41, 5.74) is 4.73. The average Bonchev–Trinajstić information content (AvgIpc) is 3.14. The van der Waals surface area contributed by atoms with E-state index < -0.39 is 0 Å². The minimum atomic E-state index is -0.304. The van der Waals surface area contributed by atoms with Crippen LogP contribution in [0.4, 0.5) is 0 Å². The molecule has 1 N–H and O–H groups in total. The SMILES string of the molecule is O=C1NC(=O)c2c1c1c(c3oc4ccccc4c23)CCC1. The van der Waals surface area contributed by atoms with E-state index in [1.54, 1.807) is 0 Å². The van der Waals surface area contributed by atoms with Gasteiger partial charge in [0.2, 0.25) is 0 Å². The van der Waals surface area contributed by atoms with Crippen molar-refractivity contribution in [1.82, 2.24) is 5.32 Å². The Kier molecular flexibility index (Phi) is 1.86. The molecule has 21 heavy (non-hydrogen) atoms. The summed E-state index contributed by atoms with van der Waals surface area (Å²) < 4.78 is 6.01. The third-order valence-electron chi connectivity index (χ3n) is 4.57. The van der Waals surface area contributed by atoms with Crippen LogP contribution in [0, 0.1) is 0 Å². The maximum absolute atomic E-state index is 12.3. The Morgan fingerprint density at radius 2 is 1.71 bits per heavy atom. The molecule has 2 amide bonds. The summed E-state index contributed by atoms with van der Waals surface area (Å²) in [5.74, 6) is -0.568. The molecule has 3 aromatic rings. The zero-order chi connectivity index (χ0) is 14.1. The zero-order valence-corrected chi connectivity index (χ0v) is 11.2. The first-order chi connectivity index (χ1) is 10.3. The van der Waals surface area contributed by atoms with Crippen LogP contribution >= 0.6 is 0 Å². The molecule has 0 unspecified atom stereocenters. The summed E-state index contributed by atoms with van der Waals surface area (Å²) in [5, 5.41) is 4.14. The molecule has 1 aromatic heterocycles. The molecule has 0 saturated heterocycles. The second-order valence-electron chi connectivity index (χ2n) is 5.65. The lowest BCUT2D eigenvalue weighted by molar-refractivity contribution is 0.0880. The van der Waals surface area contributed by atoms with E-state index in [0.717, 1.165) is 52.3 Å². The Labute approximate surface area is 119 Å². The maximum Gasteiger partial charge on any atom is 0.259 e. The molecule has 1 aliphatic heterocycles. The number of nitrogens with one attached hydrogen (secondary N) is 1. The zero-order valence-electron chi connectivity index (χ0n) is 11.2. The summed E-state index contributed by atoms with van der Waals surface area (Å²) in [6.07, 6.45) is 2.74. The molecule has 102 valence electrons. The van der Waals surface area contributed by atoms with Crippen LogP contribution in [0.5, 0.6) is 0 Å². The van der Waals surface area contributed by atoms with Crippen LogP contribution in [0.2, 0.25) is 0 Å². The third-order valence-corrected chi connectivity index (χ3v) is 4.57. The highest BCUT2D eigenvalue weighted by molar-refractivity contribution is 6.30. The predicted octanol–water partition coefficient (Wildman–Crippen LogP) is 2.96. The fourth-order valence-electron chi connectivity index (χ4n) is 3.76. The smallest absolute Gasteiger partial charge is 0.259 e. The van der Waals surface area contributed by atoms with Gasteiger partial charge < -0.3 is 4.42 Å². The molecule has 2 aliphatic rings. The minimum Gasteiger partial charge on any atom is -0.456 e. The first-order valence-corrected chi connectivity index (χ1v) is 7.10. The van der Waals surface area contributed by atoms with Gasteiger partial charge in [-0.05, 0) is 36.5 Å². The number of rotatable bonds is 0. The molecule has 0 saturated carbocycles. The fraction of sp³-hybridized carbons (Fsp3) is 0.176. The van der Waals surface area contributed by atoms with Crippen LogP contribution in [0.1, 0.15) is 38.3 Å². The summed E-state index contributed by atoms with van der Waals surface area (Å²) in [7, 11) is 0. The van der Waals surface area contributed by atoms with Crippen molar-refractivity contribution in [3.8, 4) is 0 Å². The quantitative estimate of drug-likeness (QED) is 0.643. The first-order valence-electron chi connectivity index (χ1n) is 7.10. The van der Waals surface area contributed by atoms with Crippen molar-refractivity contribution in [1.29, 1.82) is 0 Å². The lowest BCUT2D eigenvalue weighted by atomic mass is 9.94. The van der Waals surface area contributed by atoms with E-state index in [1.165, 1.54) is 0 Å². The number of fused-ring (bicyclic) bond motifs is 8. The van der Waals surface area contributed by atoms with Gasteiger partial charge in [0.1, 0.15) is 11.2 Å². The van der Waals surface area contributed by atoms with Crippen molar-refractivity contribution in [2.75, 3.05) is 0 Å². The molecular weight excluding hydrogens is 266 g/mol. The van der Waals surface area contributed by atoms with Crippen molar-refractivity contribution < 1.29 is 14.0 Å². The molecule has 0 spiro atoms. The normalized spacial score (nSPS) is 16.6. The largest absolute Gasteiger partial charge is 0.456 e. The number of carbonyl (C=O) groups is 2. The highest BCUT2D eigenvalue weighted by atomic mass is 16.3. The van der Waals surface area contributed by atoms with Gasteiger partial charge in [0.15, 0.2) is 0 Å². The lowest BCUT2D eigenvalue weighted by Crippen LogP contribution is -2.20. The topological polar surface area (TPSA) is 59.3 Å². The van der Waals surface area contributed by atoms with Crippen LogP contribution in [-0.2, 0) is 12.8 Å². The van der Waals surface area contributed by atoms with Crippen molar-refractivity contribution in [2.45, 2.75) is 19.3 Å². The van der Waals surface area contributed by atoms with Crippen molar-refractivity contribution in [3.05, 3.63) is 46.5 Å². The summed E-state index contributed by atoms with van der Waals surface area (Å²) in [6, 6.07) is 7.68. The van der Waals surface area contributed by atoms with E-state index in [1.807, 2.05) is 24.3 Å². The van der Waals surface area contributed by atoms with Gasteiger partial charge in [0.05, 0.1) is 11.1 Å². The standard InChI is InChI=1S/C17H11NO3/c19-16-13-8-5-3-6-9(8)15-12(14(13)17(20)18-16)10-4-1-2-7-11(10)21-15/h1-2,4,7H,3,5-6H2,(H,18,19,20). The number of carbonyl (C=O) groups excluding carboxylic acids is 2. The Morgan fingerprint density at radius 3 is 2.62 bits per heavy atom. The number of imide groups is 1. The number of benzene rings is 2. The van der Waals surface area contributed by atoms with Gasteiger partial charge >= 0.3 is 0 Å². The molecule has 5 rings (SSSR count). The Balaban J connectivity index is 2.11. The molecule has 0 atom stereocenters. The van der Waals surface area contributed by atoms with Crippen LogP contribution in [0.15, 0.2) is 28.7 Å². The number of hydrogen-bond acceptors (Lipinski definition) is 3. The van der Waals surface area contributed by atoms with Gasteiger partial charge in [-0.2, -0.15) is 0 Å². The number of hydrogen-bond donors (Lipinski definition) is 1. The van der Waals surface area contributed by atoms with Crippen LogP contribution in [0.3, 0.4) is 0 Å². The number of furan rings is 1. The molecule has 1 aliphatic carbocycles. The Bertz CT molecular complexity index is 981. The molecular formula is C17H11NO3. The fourth-order valence-corrected chi connectivity index (χ4v) is 3.76. The highest BCUT2D eigenvalue weighted by Gasteiger charge is 2.37. The molecule has 0 fully saturated rings. The second kappa shape index (κ2) is 3.52. The summed E-state index contributed by atoms with van der Waals surface area (Å²) in [6.45, 7) is 0. The van der Waals surface area contributed by atoms with E-state index in [-0.39, 0.29) is 11.8 Å². The molecule has 0 bridgehead atoms. The van der Waals surface area contributed by atoms with E-state index >= 15 is 0 Å². The van der Waals surface area contributed by atoms with E-state index in [4.69, 9.17) is 4.42 Å². The van der Waals surface area contributed by atoms with Gasteiger partial charge in [-0.1, -0.05) is 18.2 Å². The van der Waals surface area contributed by atoms with Gasteiger partial charge in [0.25, 0.3) is 11.8 Å². The molecule has 2 aromatic carbocycles. The second-order valence-corrected chi connectivity index (χ2v) is 5.65. The summed E-state index contributed by atoms with van der Waals surface area (Å²) >= 11 is 0. The minimum absolute atomic E-state index is 0.264. The van der Waals surface area contributed by atoms with E-state index in [9.17, 15) is 9.59 Å².